The number of rotatable bonds is 4. The normalized spacial score (nSPS) is 10.6. The van der Waals surface area contributed by atoms with Crippen LogP contribution in [-0.4, -0.2) is 22.4 Å². The summed E-state index contributed by atoms with van der Waals surface area (Å²) in [7, 11) is 0. The molecule has 0 unspecified atom stereocenters. The maximum absolute atomic E-state index is 13.8. The molecule has 0 aliphatic rings. The lowest BCUT2D eigenvalue weighted by Gasteiger charge is -2.07. The first-order chi connectivity index (χ1) is 9.56. The molecule has 2 aromatic rings. The third-order valence-electron chi connectivity index (χ3n) is 2.74. The summed E-state index contributed by atoms with van der Waals surface area (Å²) < 4.78 is 32.8. The standard InChI is InChI=1S/C14H14F2N2O2/c1-3-10-8-13(14(19)20-4-2)18(17-10)12-6-5-9(15)7-11(12)16/h5-8H,3-4H2,1-2H3. The van der Waals surface area contributed by atoms with E-state index in [1.807, 2.05) is 6.92 Å². The molecule has 0 saturated carbocycles. The van der Waals surface area contributed by atoms with Crippen LogP contribution in [0.3, 0.4) is 0 Å². The molecule has 0 N–H and O–H groups in total. The second-order valence-electron chi connectivity index (χ2n) is 4.10. The Labute approximate surface area is 115 Å². The molecule has 0 amide bonds. The number of aryl methyl sites for hydroxylation is 1. The first-order valence-electron chi connectivity index (χ1n) is 6.28. The van der Waals surface area contributed by atoms with Gasteiger partial charge in [-0.1, -0.05) is 6.92 Å². The molecule has 1 aromatic carbocycles. The number of aromatic nitrogens is 2. The molecule has 0 bridgehead atoms. The average molecular weight is 280 g/mol. The van der Waals surface area contributed by atoms with E-state index in [2.05, 4.69) is 5.10 Å². The first kappa shape index (κ1) is 14.2. The summed E-state index contributed by atoms with van der Waals surface area (Å²) in [6.45, 7) is 3.75. The Morgan fingerprint density at radius 1 is 1.30 bits per heavy atom. The van der Waals surface area contributed by atoms with Gasteiger partial charge in [0.2, 0.25) is 0 Å². The van der Waals surface area contributed by atoms with E-state index in [1.54, 1.807) is 13.0 Å². The van der Waals surface area contributed by atoms with Crippen molar-refractivity contribution in [1.82, 2.24) is 9.78 Å². The number of hydrogen-bond donors (Lipinski definition) is 0. The van der Waals surface area contributed by atoms with E-state index in [4.69, 9.17) is 4.74 Å². The van der Waals surface area contributed by atoms with Gasteiger partial charge in [0.25, 0.3) is 0 Å². The molecule has 0 spiro atoms. The van der Waals surface area contributed by atoms with Crippen LogP contribution in [0.15, 0.2) is 24.3 Å². The zero-order chi connectivity index (χ0) is 14.7. The summed E-state index contributed by atoms with van der Waals surface area (Å²) in [6, 6.07) is 4.64. The third kappa shape index (κ3) is 2.68. The summed E-state index contributed by atoms with van der Waals surface area (Å²) in [5, 5.41) is 4.15. The molecule has 0 atom stereocenters. The lowest BCUT2D eigenvalue weighted by molar-refractivity contribution is 0.0515. The van der Waals surface area contributed by atoms with Gasteiger partial charge in [0.1, 0.15) is 11.5 Å². The minimum absolute atomic E-state index is 0.00848. The van der Waals surface area contributed by atoms with Gasteiger partial charge in [-0.3, -0.25) is 0 Å². The number of carbonyl (C=O) groups excluding carboxylic acids is 1. The smallest absolute Gasteiger partial charge is 0.357 e. The zero-order valence-electron chi connectivity index (χ0n) is 11.2. The number of carbonyl (C=O) groups is 1. The minimum atomic E-state index is -0.790. The molecule has 0 saturated heterocycles. The Hall–Kier alpha value is -2.24. The van der Waals surface area contributed by atoms with Crippen molar-refractivity contribution in [1.29, 1.82) is 0 Å². The number of ether oxygens (including phenoxy) is 1. The lowest BCUT2D eigenvalue weighted by Crippen LogP contribution is -2.13. The van der Waals surface area contributed by atoms with Crippen molar-refractivity contribution in [3.63, 3.8) is 0 Å². The molecule has 0 aliphatic carbocycles. The molecule has 0 fully saturated rings. The Bertz CT molecular complexity index is 638. The Morgan fingerprint density at radius 3 is 2.65 bits per heavy atom. The topological polar surface area (TPSA) is 44.1 Å². The fraction of sp³-hybridized carbons (Fsp3) is 0.286. The molecule has 2 rings (SSSR count). The quantitative estimate of drug-likeness (QED) is 0.809. The van der Waals surface area contributed by atoms with Gasteiger partial charge in [0.05, 0.1) is 12.3 Å². The summed E-state index contributed by atoms with van der Waals surface area (Å²) in [5.74, 6) is -2.07. The van der Waals surface area contributed by atoms with E-state index in [-0.39, 0.29) is 18.0 Å². The fourth-order valence-electron chi connectivity index (χ4n) is 1.79. The van der Waals surface area contributed by atoms with Gasteiger partial charge in [-0.2, -0.15) is 5.10 Å². The van der Waals surface area contributed by atoms with Crippen molar-refractivity contribution in [3.05, 3.63) is 47.3 Å². The van der Waals surface area contributed by atoms with Crippen molar-refractivity contribution in [3.8, 4) is 5.69 Å². The van der Waals surface area contributed by atoms with Gasteiger partial charge in [-0.05, 0) is 31.5 Å². The predicted octanol–water partition coefficient (Wildman–Crippen LogP) is 2.89. The highest BCUT2D eigenvalue weighted by molar-refractivity contribution is 5.88. The highest BCUT2D eigenvalue weighted by Gasteiger charge is 2.19. The van der Waals surface area contributed by atoms with E-state index in [0.29, 0.717) is 12.1 Å². The molecular weight excluding hydrogens is 266 g/mol. The number of hydrogen-bond acceptors (Lipinski definition) is 3. The largest absolute Gasteiger partial charge is 0.461 e. The maximum atomic E-state index is 13.8. The summed E-state index contributed by atoms with van der Waals surface area (Å²) in [6.07, 6.45) is 0.586. The van der Waals surface area contributed by atoms with Gasteiger partial charge in [0.15, 0.2) is 11.5 Å². The number of halogens is 2. The van der Waals surface area contributed by atoms with Crippen LogP contribution in [-0.2, 0) is 11.2 Å². The Morgan fingerprint density at radius 2 is 2.05 bits per heavy atom. The van der Waals surface area contributed by atoms with E-state index in [0.717, 1.165) is 16.8 Å². The molecule has 6 heteroatoms. The van der Waals surface area contributed by atoms with Gasteiger partial charge in [-0.15, -0.1) is 0 Å². The highest BCUT2D eigenvalue weighted by atomic mass is 19.1. The molecule has 20 heavy (non-hydrogen) atoms. The van der Waals surface area contributed by atoms with Crippen LogP contribution in [0.1, 0.15) is 30.0 Å². The Balaban J connectivity index is 2.54. The van der Waals surface area contributed by atoms with Gasteiger partial charge in [-0.25, -0.2) is 18.3 Å². The van der Waals surface area contributed by atoms with Crippen LogP contribution in [0.5, 0.6) is 0 Å². The average Bonchev–Trinajstić information content (AvgIpc) is 2.83. The molecule has 106 valence electrons. The lowest BCUT2D eigenvalue weighted by atomic mass is 10.2. The predicted molar refractivity (Wildman–Crippen MR) is 68.8 cm³/mol. The van der Waals surface area contributed by atoms with Crippen LogP contribution in [0, 0.1) is 11.6 Å². The molecule has 0 aliphatic heterocycles. The zero-order valence-corrected chi connectivity index (χ0v) is 11.2. The summed E-state index contributed by atoms with van der Waals surface area (Å²) >= 11 is 0. The van der Waals surface area contributed by atoms with Gasteiger partial charge >= 0.3 is 5.97 Å². The van der Waals surface area contributed by atoms with Crippen LogP contribution in [0.2, 0.25) is 0 Å². The summed E-state index contributed by atoms with van der Waals surface area (Å²) in [5.41, 5.74) is 0.750. The third-order valence-corrected chi connectivity index (χ3v) is 2.74. The number of nitrogens with zero attached hydrogens (tertiary/aromatic N) is 2. The van der Waals surface area contributed by atoms with E-state index in [9.17, 15) is 13.6 Å². The highest BCUT2D eigenvalue weighted by Crippen LogP contribution is 2.18. The van der Waals surface area contributed by atoms with Gasteiger partial charge < -0.3 is 4.74 Å². The Kier molecular flexibility index (Phi) is 4.12. The second-order valence-corrected chi connectivity index (χ2v) is 4.10. The molecule has 1 aromatic heterocycles. The summed E-state index contributed by atoms with van der Waals surface area (Å²) in [4.78, 5) is 11.9. The van der Waals surface area contributed by atoms with Crippen molar-refractivity contribution in [2.75, 3.05) is 6.61 Å². The molecule has 4 nitrogen and oxygen atoms in total. The first-order valence-corrected chi connectivity index (χ1v) is 6.28. The van der Waals surface area contributed by atoms with Crippen LogP contribution < -0.4 is 0 Å². The second kappa shape index (κ2) is 5.81. The van der Waals surface area contributed by atoms with Gasteiger partial charge in [0, 0.05) is 6.07 Å². The van der Waals surface area contributed by atoms with Crippen molar-refractivity contribution < 1.29 is 18.3 Å². The minimum Gasteiger partial charge on any atom is -0.461 e. The maximum Gasteiger partial charge on any atom is 0.357 e. The van der Waals surface area contributed by atoms with Crippen molar-refractivity contribution in [2.24, 2.45) is 0 Å². The van der Waals surface area contributed by atoms with Crippen LogP contribution in [0.25, 0.3) is 5.69 Å². The van der Waals surface area contributed by atoms with Crippen molar-refractivity contribution in [2.45, 2.75) is 20.3 Å². The number of benzene rings is 1. The molecule has 0 radical (unpaired) electrons. The van der Waals surface area contributed by atoms with E-state index < -0.39 is 17.6 Å². The van der Waals surface area contributed by atoms with Crippen LogP contribution in [0.4, 0.5) is 8.78 Å². The molecule has 1 heterocycles. The van der Waals surface area contributed by atoms with Crippen molar-refractivity contribution >= 4 is 5.97 Å². The fourth-order valence-corrected chi connectivity index (χ4v) is 1.79. The van der Waals surface area contributed by atoms with E-state index >= 15 is 0 Å². The molecular formula is C14H14F2N2O2. The monoisotopic (exact) mass is 280 g/mol. The van der Waals surface area contributed by atoms with E-state index in [1.165, 1.54) is 6.07 Å². The SMILES string of the molecule is CCOC(=O)c1cc(CC)nn1-c1ccc(F)cc1F. The van der Waals surface area contributed by atoms with Crippen LogP contribution >= 0.6 is 0 Å². The number of esters is 1.